The minimum atomic E-state index is -1.31. The van der Waals surface area contributed by atoms with Crippen LogP contribution in [0.3, 0.4) is 0 Å². The molecule has 36 heavy (non-hydrogen) atoms. The van der Waals surface area contributed by atoms with Gasteiger partial charge in [0.2, 0.25) is 0 Å². The number of fused-ring (bicyclic) bond motifs is 1. The third-order valence-electron chi connectivity index (χ3n) is 6.82. The number of aliphatic hydroxyl groups excluding tert-OH is 2. The molecule has 3 atom stereocenters. The summed E-state index contributed by atoms with van der Waals surface area (Å²) in [5, 5.41) is 30.3. The number of imidazole rings is 1. The number of nitrogens with zero attached hydrogens (tertiary/aromatic N) is 5. The van der Waals surface area contributed by atoms with E-state index < -0.39 is 17.9 Å². The normalized spacial score (nSPS) is 24.6. The van der Waals surface area contributed by atoms with E-state index in [4.69, 9.17) is 20.9 Å². The van der Waals surface area contributed by atoms with Crippen LogP contribution in [0.5, 0.6) is 0 Å². The predicted octanol–water partition coefficient (Wildman–Crippen LogP) is 3.69. The largest absolute Gasteiger partial charge is 0.388 e. The molecule has 1 saturated carbocycles. The molecule has 6 rings (SSSR count). The first-order chi connectivity index (χ1) is 17.5. The van der Waals surface area contributed by atoms with Crippen molar-refractivity contribution >= 4 is 40.3 Å². The highest BCUT2D eigenvalue weighted by Gasteiger charge is 2.51. The summed E-state index contributed by atoms with van der Waals surface area (Å²) in [4.78, 5) is 13.4. The van der Waals surface area contributed by atoms with Crippen molar-refractivity contribution in [2.75, 3.05) is 17.7 Å². The fourth-order valence-electron chi connectivity index (χ4n) is 4.85. The number of halogens is 1. The lowest BCUT2D eigenvalue weighted by Gasteiger charge is -2.32. The number of rotatable bonds is 7. The Morgan fingerprint density at radius 1 is 1.14 bits per heavy atom. The molecule has 2 fully saturated rings. The number of aromatic nitrogens is 5. The van der Waals surface area contributed by atoms with E-state index >= 15 is 0 Å². The minimum absolute atomic E-state index is 0.0217. The van der Waals surface area contributed by atoms with Gasteiger partial charge in [-0.1, -0.05) is 53.5 Å². The van der Waals surface area contributed by atoms with E-state index in [-0.39, 0.29) is 12.4 Å². The highest BCUT2D eigenvalue weighted by molar-refractivity contribution is 7.99. The van der Waals surface area contributed by atoms with Crippen molar-refractivity contribution in [2.45, 2.75) is 54.8 Å². The van der Waals surface area contributed by atoms with Gasteiger partial charge in [-0.3, -0.25) is 4.57 Å². The molecule has 0 bridgehead atoms. The molecule has 3 N–H and O–H groups in total. The number of ether oxygens (including phenoxy) is 1. The van der Waals surface area contributed by atoms with E-state index in [0.717, 1.165) is 18.4 Å². The quantitative estimate of drug-likeness (QED) is 0.305. The molecule has 10 nitrogen and oxygen atoms in total. The third kappa shape index (κ3) is 4.24. The first-order valence-electron chi connectivity index (χ1n) is 11.8. The molecular formula is C24H25ClN6O4S. The Bertz CT molecular complexity index is 1360. The van der Waals surface area contributed by atoms with Crippen molar-refractivity contribution < 1.29 is 19.5 Å². The maximum atomic E-state index is 11.1. The number of aliphatic hydroxyl groups is 2. The molecule has 0 radical (unpaired) electrons. The molecule has 1 saturated heterocycles. The maximum absolute atomic E-state index is 11.1. The molecular weight excluding hydrogens is 504 g/mol. The number of hydrogen-bond donors (Lipinski definition) is 3. The highest BCUT2D eigenvalue weighted by atomic mass is 35.5. The monoisotopic (exact) mass is 528 g/mol. The van der Waals surface area contributed by atoms with Crippen molar-refractivity contribution in [3.63, 3.8) is 0 Å². The summed E-state index contributed by atoms with van der Waals surface area (Å²) in [6, 6.07) is 9.49. The van der Waals surface area contributed by atoms with E-state index in [1.807, 2.05) is 18.2 Å². The Labute approximate surface area is 216 Å². The molecule has 4 aromatic rings. The average molecular weight is 529 g/mol. The van der Waals surface area contributed by atoms with Gasteiger partial charge in [0, 0.05) is 22.7 Å². The van der Waals surface area contributed by atoms with E-state index in [0.29, 0.717) is 38.8 Å². The molecule has 0 spiro atoms. The number of hydrogen-bond acceptors (Lipinski definition) is 10. The fourth-order valence-corrected chi connectivity index (χ4v) is 6.01. The zero-order chi connectivity index (χ0) is 24.7. The van der Waals surface area contributed by atoms with Crippen molar-refractivity contribution in [3.05, 3.63) is 48.0 Å². The molecule has 188 valence electrons. The van der Waals surface area contributed by atoms with Gasteiger partial charge >= 0.3 is 0 Å². The minimum Gasteiger partial charge on any atom is -0.388 e. The van der Waals surface area contributed by atoms with Crippen molar-refractivity contribution in [1.29, 1.82) is 0 Å². The first kappa shape index (κ1) is 23.7. The molecule has 1 aliphatic carbocycles. The van der Waals surface area contributed by atoms with Crippen LogP contribution in [-0.2, 0) is 10.5 Å². The molecule has 1 aliphatic heterocycles. The van der Waals surface area contributed by atoms with Crippen LogP contribution >= 0.6 is 23.4 Å². The van der Waals surface area contributed by atoms with Gasteiger partial charge in [0.05, 0.1) is 18.7 Å². The summed E-state index contributed by atoms with van der Waals surface area (Å²) in [6.07, 6.45) is 5.38. The molecule has 2 aliphatic rings. The Morgan fingerprint density at radius 2 is 1.94 bits per heavy atom. The van der Waals surface area contributed by atoms with E-state index in [9.17, 15) is 10.2 Å². The summed E-state index contributed by atoms with van der Waals surface area (Å²) < 4.78 is 13.3. The summed E-state index contributed by atoms with van der Waals surface area (Å²) in [5.74, 6) is 0.880. The number of thioether (sulfide) groups is 1. The maximum Gasteiger partial charge on any atom is 0.193 e. The van der Waals surface area contributed by atoms with Crippen molar-refractivity contribution in [1.82, 2.24) is 24.7 Å². The SMILES string of the molecule is O[C@@H]1[C@@H](O)CO[C@]1(CSc1cc(-c2ccc(Cl)cc2)no1)n1cnc2c(NC3CCCC3)ncnc21. The van der Waals surface area contributed by atoms with Crippen LogP contribution in [0.2, 0.25) is 5.02 Å². The highest BCUT2D eigenvalue weighted by Crippen LogP contribution is 2.40. The zero-order valence-electron chi connectivity index (χ0n) is 19.2. The second kappa shape index (κ2) is 9.64. The van der Waals surface area contributed by atoms with Gasteiger partial charge in [-0.15, -0.1) is 0 Å². The van der Waals surface area contributed by atoms with E-state index in [1.54, 1.807) is 23.0 Å². The number of benzene rings is 1. The van der Waals surface area contributed by atoms with Crippen LogP contribution < -0.4 is 5.32 Å². The Hall–Kier alpha value is -2.70. The summed E-state index contributed by atoms with van der Waals surface area (Å²) in [6.45, 7) is -0.0217. The smallest absolute Gasteiger partial charge is 0.193 e. The standard InChI is InChI=1S/C24H25ClN6O4S/c25-15-7-5-14(6-8-15)17-9-19(35-30-17)36-11-24(21(33)18(32)10-34-24)31-13-28-20-22(26-12-27-23(20)31)29-16-3-1-2-4-16/h5-9,12-13,16,18,21,32-33H,1-4,10-11H2,(H,26,27,29)/t18-,21+,24-/m0/s1. The average Bonchev–Trinajstić information content (AvgIpc) is 3.69. The molecule has 4 heterocycles. The van der Waals surface area contributed by atoms with E-state index in [1.165, 1.54) is 30.9 Å². The van der Waals surface area contributed by atoms with Gasteiger partial charge in [0.1, 0.15) is 24.2 Å². The molecule has 0 unspecified atom stereocenters. The van der Waals surface area contributed by atoms with Gasteiger partial charge < -0.3 is 24.8 Å². The number of anilines is 1. The molecule has 3 aromatic heterocycles. The Kier molecular flexibility index (Phi) is 6.34. The zero-order valence-corrected chi connectivity index (χ0v) is 20.8. The summed E-state index contributed by atoms with van der Waals surface area (Å²) in [7, 11) is 0. The molecule has 1 aromatic carbocycles. The second-order valence-corrected chi connectivity index (χ2v) is 10.5. The Balaban J connectivity index is 1.29. The lowest BCUT2D eigenvalue weighted by Crippen LogP contribution is -2.47. The molecule has 0 amide bonds. The molecule has 12 heteroatoms. The predicted molar refractivity (Wildman–Crippen MR) is 135 cm³/mol. The lowest BCUT2D eigenvalue weighted by molar-refractivity contribution is -0.103. The van der Waals surface area contributed by atoms with Crippen LogP contribution in [0.25, 0.3) is 22.4 Å². The first-order valence-corrected chi connectivity index (χ1v) is 13.2. The lowest BCUT2D eigenvalue weighted by atomic mass is 10.1. The summed E-state index contributed by atoms with van der Waals surface area (Å²) >= 11 is 7.30. The van der Waals surface area contributed by atoms with Crippen LogP contribution in [0.1, 0.15) is 25.7 Å². The fraction of sp³-hybridized carbons (Fsp3) is 0.417. The van der Waals surface area contributed by atoms with Crippen molar-refractivity contribution in [3.8, 4) is 11.3 Å². The summed E-state index contributed by atoms with van der Waals surface area (Å²) in [5.41, 5.74) is 1.33. The van der Waals surface area contributed by atoms with Crippen LogP contribution in [0, 0.1) is 0 Å². The Morgan fingerprint density at radius 3 is 2.69 bits per heavy atom. The van der Waals surface area contributed by atoms with E-state index in [2.05, 4.69) is 25.4 Å². The second-order valence-electron chi connectivity index (χ2n) is 9.13. The van der Waals surface area contributed by atoms with Gasteiger partial charge in [-0.05, 0) is 25.0 Å². The van der Waals surface area contributed by atoms with Gasteiger partial charge in [0.15, 0.2) is 27.8 Å². The number of nitrogens with one attached hydrogen (secondary N) is 1. The third-order valence-corrected chi connectivity index (χ3v) is 8.10. The van der Waals surface area contributed by atoms with Crippen LogP contribution in [0.4, 0.5) is 5.82 Å². The van der Waals surface area contributed by atoms with Crippen LogP contribution in [0.15, 0.2) is 52.6 Å². The van der Waals surface area contributed by atoms with Gasteiger partial charge in [-0.2, -0.15) is 0 Å². The van der Waals surface area contributed by atoms with Gasteiger partial charge in [0.25, 0.3) is 0 Å². The topological polar surface area (TPSA) is 131 Å². The van der Waals surface area contributed by atoms with Crippen molar-refractivity contribution in [2.24, 2.45) is 0 Å². The van der Waals surface area contributed by atoms with Crippen LogP contribution in [-0.4, -0.2) is 65.5 Å². The van der Waals surface area contributed by atoms with Gasteiger partial charge in [-0.25, -0.2) is 15.0 Å².